The van der Waals surface area contributed by atoms with E-state index in [1.165, 1.54) is 11.3 Å². The number of para-hydroxylation sites is 1. The van der Waals surface area contributed by atoms with Gasteiger partial charge in [-0.15, -0.1) is 0 Å². The molecule has 0 spiro atoms. The van der Waals surface area contributed by atoms with Crippen LogP contribution in [0.5, 0.6) is 0 Å². The Hall–Kier alpha value is -1.19. The number of halogens is 1. The third-order valence-corrected chi connectivity index (χ3v) is 3.66. The molecule has 0 fully saturated rings. The molecule has 0 aromatic heterocycles. The van der Waals surface area contributed by atoms with E-state index in [0.29, 0.717) is 6.04 Å². The quantitative estimate of drug-likeness (QED) is 0.783. The van der Waals surface area contributed by atoms with E-state index in [1.54, 1.807) is 0 Å². The van der Waals surface area contributed by atoms with Crippen molar-refractivity contribution in [2.24, 2.45) is 0 Å². The third-order valence-electron chi connectivity index (χ3n) is 3.33. The molecule has 1 atom stereocenters. The van der Waals surface area contributed by atoms with Crippen LogP contribution in [0, 0.1) is 0 Å². The summed E-state index contributed by atoms with van der Waals surface area (Å²) in [6.45, 7) is 4.05. The van der Waals surface area contributed by atoms with Crippen molar-refractivity contribution >= 4 is 17.3 Å². The Bertz CT molecular complexity index is 442. The van der Waals surface area contributed by atoms with Crippen molar-refractivity contribution in [3.8, 4) is 0 Å². The van der Waals surface area contributed by atoms with Crippen molar-refractivity contribution in [3.63, 3.8) is 0 Å². The minimum absolute atomic E-state index is 0.356. The highest BCUT2D eigenvalue weighted by atomic mass is 35.5. The summed E-state index contributed by atoms with van der Waals surface area (Å²) in [5.41, 5.74) is 3.65. The molecule has 1 aromatic carbocycles. The summed E-state index contributed by atoms with van der Waals surface area (Å²) in [5.74, 6) is 0. The first-order valence-electron chi connectivity index (χ1n) is 6.31. The Balaban J connectivity index is 2.14. The predicted octanol–water partition coefficient (Wildman–Crippen LogP) is 2.61. The zero-order valence-corrected chi connectivity index (χ0v) is 11.6. The number of hydrogen-bond donors (Lipinski definition) is 3. The summed E-state index contributed by atoms with van der Waals surface area (Å²) < 4.78 is 0. The Morgan fingerprint density at radius 1 is 1.39 bits per heavy atom. The van der Waals surface area contributed by atoms with Gasteiger partial charge in [0.25, 0.3) is 0 Å². The van der Waals surface area contributed by atoms with Crippen molar-refractivity contribution in [1.82, 2.24) is 10.6 Å². The summed E-state index contributed by atoms with van der Waals surface area (Å²) >= 11 is 6.18. The van der Waals surface area contributed by atoms with E-state index in [-0.39, 0.29) is 0 Å². The second-order valence-electron chi connectivity index (χ2n) is 4.58. The molecule has 1 unspecified atom stereocenters. The molecule has 0 saturated carbocycles. The Labute approximate surface area is 114 Å². The van der Waals surface area contributed by atoms with Crippen molar-refractivity contribution < 1.29 is 0 Å². The van der Waals surface area contributed by atoms with Crippen LogP contribution in [0.15, 0.2) is 35.5 Å². The second-order valence-corrected chi connectivity index (χ2v) is 4.99. The maximum atomic E-state index is 6.18. The fourth-order valence-electron chi connectivity index (χ4n) is 2.26. The van der Waals surface area contributed by atoms with Gasteiger partial charge in [-0.25, -0.2) is 0 Å². The van der Waals surface area contributed by atoms with Crippen LogP contribution in [0.3, 0.4) is 0 Å². The molecule has 1 aliphatic heterocycles. The van der Waals surface area contributed by atoms with Gasteiger partial charge in [-0.2, -0.15) is 0 Å². The highest BCUT2D eigenvalue weighted by molar-refractivity contribution is 6.33. The third kappa shape index (κ3) is 2.98. The van der Waals surface area contributed by atoms with Gasteiger partial charge in [-0.3, -0.25) is 0 Å². The monoisotopic (exact) mass is 265 g/mol. The van der Waals surface area contributed by atoms with E-state index in [4.69, 9.17) is 11.6 Å². The van der Waals surface area contributed by atoms with Crippen molar-refractivity contribution in [2.75, 3.05) is 25.5 Å². The van der Waals surface area contributed by atoms with Crippen molar-refractivity contribution in [1.29, 1.82) is 0 Å². The number of rotatable bonds is 4. The molecule has 18 heavy (non-hydrogen) atoms. The zero-order chi connectivity index (χ0) is 13.0. The van der Waals surface area contributed by atoms with E-state index in [0.717, 1.165) is 30.2 Å². The Morgan fingerprint density at radius 3 is 2.89 bits per heavy atom. The van der Waals surface area contributed by atoms with E-state index in [2.05, 4.69) is 22.9 Å². The SMILES string of the molecule is CNCC1=C(C)C(Nc2ccccc2Cl)CCN1. The Kier molecular flexibility index (Phi) is 4.50. The topological polar surface area (TPSA) is 36.1 Å². The van der Waals surface area contributed by atoms with Crippen LogP contribution in [-0.2, 0) is 0 Å². The number of anilines is 1. The lowest BCUT2D eigenvalue weighted by atomic mass is 9.99. The highest BCUT2D eigenvalue weighted by Gasteiger charge is 2.19. The van der Waals surface area contributed by atoms with Crippen LogP contribution >= 0.6 is 11.6 Å². The van der Waals surface area contributed by atoms with E-state index >= 15 is 0 Å². The van der Waals surface area contributed by atoms with Gasteiger partial charge >= 0.3 is 0 Å². The first-order valence-corrected chi connectivity index (χ1v) is 6.69. The zero-order valence-electron chi connectivity index (χ0n) is 10.9. The molecule has 3 N–H and O–H groups in total. The van der Waals surface area contributed by atoms with Crippen LogP contribution in [-0.4, -0.2) is 26.2 Å². The molecular weight excluding hydrogens is 246 g/mol. The van der Waals surface area contributed by atoms with E-state index < -0.39 is 0 Å². The molecule has 0 aliphatic carbocycles. The summed E-state index contributed by atoms with van der Waals surface area (Å²) in [5, 5.41) is 10.9. The number of likely N-dealkylation sites (N-methyl/N-ethyl adjacent to an activating group) is 1. The van der Waals surface area contributed by atoms with Gasteiger partial charge in [0.05, 0.1) is 16.8 Å². The number of benzene rings is 1. The molecular formula is C14H20ClN3. The lowest BCUT2D eigenvalue weighted by molar-refractivity contribution is 0.594. The van der Waals surface area contributed by atoms with Gasteiger partial charge in [0, 0.05) is 18.8 Å². The molecule has 1 aliphatic rings. The largest absolute Gasteiger partial charge is 0.387 e. The molecule has 0 radical (unpaired) electrons. The smallest absolute Gasteiger partial charge is 0.0637 e. The lowest BCUT2D eigenvalue weighted by Gasteiger charge is -2.29. The van der Waals surface area contributed by atoms with E-state index in [9.17, 15) is 0 Å². The maximum absolute atomic E-state index is 6.18. The number of hydrogen-bond acceptors (Lipinski definition) is 3. The standard InChI is InChI=1S/C14H20ClN3/c1-10-12(7-8-17-14(10)9-16-2)18-13-6-4-3-5-11(13)15/h3-6,12,16-18H,7-9H2,1-2H3. The summed E-state index contributed by atoms with van der Waals surface area (Å²) in [4.78, 5) is 0. The molecule has 3 nitrogen and oxygen atoms in total. The van der Waals surface area contributed by atoms with Crippen LogP contribution in [0.1, 0.15) is 13.3 Å². The molecule has 0 bridgehead atoms. The van der Waals surface area contributed by atoms with Crippen LogP contribution in [0.2, 0.25) is 5.02 Å². The lowest BCUT2D eigenvalue weighted by Crippen LogP contribution is -2.37. The fourth-order valence-corrected chi connectivity index (χ4v) is 2.45. The van der Waals surface area contributed by atoms with Gasteiger partial charge in [-0.05, 0) is 38.1 Å². The average molecular weight is 266 g/mol. The van der Waals surface area contributed by atoms with Gasteiger partial charge in [-0.1, -0.05) is 23.7 Å². The summed E-state index contributed by atoms with van der Waals surface area (Å²) in [7, 11) is 1.97. The minimum atomic E-state index is 0.356. The van der Waals surface area contributed by atoms with Crippen LogP contribution in [0.25, 0.3) is 0 Å². The summed E-state index contributed by atoms with van der Waals surface area (Å²) in [6, 6.07) is 8.25. The molecule has 98 valence electrons. The molecule has 1 aromatic rings. The maximum Gasteiger partial charge on any atom is 0.0637 e. The van der Waals surface area contributed by atoms with Crippen molar-refractivity contribution in [3.05, 3.63) is 40.6 Å². The predicted molar refractivity (Wildman–Crippen MR) is 78.1 cm³/mol. The highest BCUT2D eigenvalue weighted by Crippen LogP contribution is 2.25. The van der Waals surface area contributed by atoms with Gasteiger partial charge in [0.1, 0.15) is 0 Å². The minimum Gasteiger partial charge on any atom is -0.387 e. The molecule has 4 heteroatoms. The molecule has 0 saturated heterocycles. The molecule has 1 heterocycles. The molecule has 0 amide bonds. The van der Waals surface area contributed by atoms with E-state index in [1.807, 2.05) is 31.3 Å². The van der Waals surface area contributed by atoms with Crippen molar-refractivity contribution in [2.45, 2.75) is 19.4 Å². The van der Waals surface area contributed by atoms with Crippen LogP contribution < -0.4 is 16.0 Å². The first kappa shape index (κ1) is 13.2. The average Bonchev–Trinajstić information content (AvgIpc) is 2.37. The molecule has 2 rings (SSSR count). The first-order chi connectivity index (χ1) is 8.72. The second kappa shape index (κ2) is 6.12. The van der Waals surface area contributed by atoms with Gasteiger partial charge < -0.3 is 16.0 Å². The summed E-state index contributed by atoms with van der Waals surface area (Å²) in [6.07, 6.45) is 1.07. The van der Waals surface area contributed by atoms with Gasteiger partial charge in [0.15, 0.2) is 0 Å². The Morgan fingerprint density at radius 2 is 2.17 bits per heavy atom. The number of nitrogens with one attached hydrogen (secondary N) is 3. The van der Waals surface area contributed by atoms with Gasteiger partial charge in [0.2, 0.25) is 0 Å². The fraction of sp³-hybridized carbons (Fsp3) is 0.429. The van der Waals surface area contributed by atoms with Crippen LogP contribution in [0.4, 0.5) is 5.69 Å². The normalized spacial score (nSPS) is 19.6.